The first-order valence-corrected chi connectivity index (χ1v) is 6.99. The summed E-state index contributed by atoms with van der Waals surface area (Å²) in [5.74, 6) is 2.15. The van der Waals surface area contributed by atoms with Crippen molar-refractivity contribution >= 4 is 11.5 Å². The van der Waals surface area contributed by atoms with Gasteiger partial charge in [-0.15, -0.1) is 0 Å². The number of hydrogen-bond acceptors (Lipinski definition) is 5. The van der Waals surface area contributed by atoms with Gasteiger partial charge in [0.05, 0.1) is 18.3 Å². The summed E-state index contributed by atoms with van der Waals surface area (Å²) in [5.41, 5.74) is 6.45. The molecule has 0 spiro atoms. The van der Waals surface area contributed by atoms with Gasteiger partial charge in [0.25, 0.3) is 0 Å². The van der Waals surface area contributed by atoms with Crippen molar-refractivity contribution in [3.63, 3.8) is 0 Å². The Morgan fingerprint density at radius 2 is 1.90 bits per heavy atom. The largest absolute Gasteiger partial charge is 0.490 e. The van der Waals surface area contributed by atoms with E-state index in [0.717, 1.165) is 11.6 Å². The predicted molar refractivity (Wildman–Crippen MR) is 84.8 cm³/mol. The maximum Gasteiger partial charge on any atom is 0.168 e. The fourth-order valence-electron chi connectivity index (χ4n) is 1.81. The highest BCUT2D eigenvalue weighted by Gasteiger charge is 2.06. The molecule has 2 rings (SSSR count). The van der Waals surface area contributed by atoms with E-state index in [1.165, 1.54) is 0 Å². The molecule has 1 aromatic heterocycles. The Bertz CT molecular complexity index is 573. The van der Waals surface area contributed by atoms with Crippen LogP contribution in [0.15, 0.2) is 42.6 Å². The molecule has 0 unspecified atom stereocenters. The normalized spacial score (nSPS) is 10.4. The number of nitrogens with two attached hydrogens (primary N) is 1. The van der Waals surface area contributed by atoms with Crippen LogP contribution in [-0.2, 0) is 0 Å². The van der Waals surface area contributed by atoms with Gasteiger partial charge in [0.1, 0.15) is 12.4 Å². The second-order valence-electron chi connectivity index (χ2n) is 4.83. The van der Waals surface area contributed by atoms with Crippen LogP contribution in [0.3, 0.4) is 0 Å². The minimum Gasteiger partial charge on any atom is -0.490 e. The second kappa shape index (κ2) is 7.38. The maximum absolute atomic E-state index is 5.82. The van der Waals surface area contributed by atoms with Crippen LogP contribution in [0.2, 0.25) is 0 Å². The van der Waals surface area contributed by atoms with Crippen LogP contribution in [-0.4, -0.2) is 24.2 Å². The lowest BCUT2D eigenvalue weighted by Gasteiger charge is -2.14. The van der Waals surface area contributed by atoms with Crippen molar-refractivity contribution in [3.8, 4) is 11.5 Å². The van der Waals surface area contributed by atoms with Crippen LogP contribution in [0.5, 0.6) is 11.5 Å². The Morgan fingerprint density at radius 3 is 2.67 bits per heavy atom. The summed E-state index contributed by atoms with van der Waals surface area (Å²) >= 11 is 0. The molecule has 2 aromatic rings. The molecule has 112 valence electrons. The molecular weight excluding hydrogens is 266 g/mol. The molecule has 21 heavy (non-hydrogen) atoms. The molecule has 0 aliphatic heterocycles. The number of hydrogen-bond donors (Lipinski definition) is 2. The average molecular weight is 287 g/mol. The number of pyridine rings is 1. The van der Waals surface area contributed by atoms with E-state index in [0.29, 0.717) is 24.6 Å². The summed E-state index contributed by atoms with van der Waals surface area (Å²) in [7, 11) is 0. The summed E-state index contributed by atoms with van der Waals surface area (Å²) in [6, 6.07) is 11.2. The van der Waals surface area contributed by atoms with E-state index in [1.54, 1.807) is 6.20 Å². The Balaban J connectivity index is 1.85. The van der Waals surface area contributed by atoms with E-state index in [9.17, 15) is 0 Å². The van der Waals surface area contributed by atoms with Gasteiger partial charge in [0, 0.05) is 6.20 Å². The molecule has 0 radical (unpaired) electrons. The monoisotopic (exact) mass is 287 g/mol. The van der Waals surface area contributed by atoms with Crippen LogP contribution in [0.1, 0.15) is 13.8 Å². The van der Waals surface area contributed by atoms with E-state index in [4.69, 9.17) is 15.2 Å². The molecular formula is C16H21N3O2. The second-order valence-corrected chi connectivity index (χ2v) is 4.83. The lowest BCUT2D eigenvalue weighted by atomic mass is 10.3. The van der Waals surface area contributed by atoms with Crippen molar-refractivity contribution < 1.29 is 9.47 Å². The minimum absolute atomic E-state index is 0.107. The summed E-state index contributed by atoms with van der Waals surface area (Å²) < 4.78 is 11.3. The van der Waals surface area contributed by atoms with Gasteiger partial charge in [-0.25, -0.2) is 4.98 Å². The summed E-state index contributed by atoms with van der Waals surface area (Å²) in [6.07, 6.45) is 1.83. The van der Waals surface area contributed by atoms with Crippen molar-refractivity contribution in [1.29, 1.82) is 0 Å². The highest BCUT2D eigenvalue weighted by atomic mass is 16.5. The fraction of sp³-hybridized carbons (Fsp3) is 0.312. The molecule has 5 nitrogen and oxygen atoms in total. The number of nitrogen functional groups attached to an aromatic ring is 1. The molecule has 0 bridgehead atoms. The van der Waals surface area contributed by atoms with Crippen molar-refractivity contribution in [2.75, 3.05) is 24.2 Å². The molecule has 0 fully saturated rings. The summed E-state index contributed by atoms with van der Waals surface area (Å²) in [6.45, 7) is 5.07. The third kappa shape index (κ3) is 4.56. The molecule has 0 atom stereocenters. The summed E-state index contributed by atoms with van der Waals surface area (Å²) in [5, 5.41) is 3.21. The topological polar surface area (TPSA) is 69.4 Å². The molecule has 1 heterocycles. The number of anilines is 2. The molecule has 0 aliphatic rings. The first-order valence-electron chi connectivity index (χ1n) is 6.99. The molecule has 0 saturated heterocycles. The molecule has 0 amide bonds. The number of benzene rings is 1. The number of aromatic nitrogens is 1. The lowest BCUT2D eigenvalue weighted by Crippen LogP contribution is -2.15. The highest BCUT2D eigenvalue weighted by Crippen LogP contribution is 2.22. The van der Waals surface area contributed by atoms with Gasteiger partial charge in [-0.2, -0.15) is 0 Å². The van der Waals surface area contributed by atoms with E-state index < -0.39 is 0 Å². The lowest BCUT2D eigenvalue weighted by molar-refractivity contribution is 0.242. The van der Waals surface area contributed by atoms with Crippen molar-refractivity contribution in [2.45, 2.75) is 20.0 Å². The van der Waals surface area contributed by atoms with Crippen LogP contribution in [0.25, 0.3) is 0 Å². The number of ether oxygens (including phenoxy) is 2. The first kappa shape index (κ1) is 15.0. The summed E-state index contributed by atoms with van der Waals surface area (Å²) in [4.78, 5) is 4.28. The van der Waals surface area contributed by atoms with Gasteiger partial charge in [0.2, 0.25) is 0 Å². The maximum atomic E-state index is 5.82. The first-order chi connectivity index (χ1) is 10.2. The average Bonchev–Trinajstić information content (AvgIpc) is 2.46. The van der Waals surface area contributed by atoms with E-state index >= 15 is 0 Å². The molecule has 0 saturated carbocycles. The Labute approximate surface area is 125 Å². The fourth-order valence-corrected chi connectivity index (χ4v) is 1.81. The van der Waals surface area contributed by atoms with Gasteiger partial charge in [0.15, 0.2) is 11.6 Å². The molecule has 3 N–H and O–H groups in total. The number of nitrogens with one attached hydrogen (secondary N) is 1. The Kier molecular flexibility index (Phi) is 5.26. The van der Waals surface area contributed by atoms with Crippen molar-refractivity contribution in [1.82, 2.24) is 4.98 Å². The number of nitrogens with zero attached hydrogens (tertiary/aromatic N) is 1. The Morgan fingerprint density at radius 1 is 1.14 bits per heavy atom. The van der Waals surface area contributed by atoms with Crippen LogP contribution < -0.4 is 20.5 Å². The zero-order valence-corrected chi connectivity index (χ0v) is 12.4. The van der Waals surface area contributed by atoms with E-state index in [1.807, 2.05) is 50.2 Å². The molecule has 1 aromatic carbocycles. The van der Waals surface area contributed by atoms with Crippen LogP contribution in [0.4, 0.5) is 11.5 Å². The number of para-hydroxylation sites is 2. The zero-order valence-electron chi connectivity index (χ0n) is 12.4. The molecule has 5 heteroatoms. The van der Waals surface area contributed by atoms with Gasteiger partial charge >= 0.3 is 0 Å². The SMILES string of the molecule is CC(C)Oc1cccnc1NCCOc1ccccc1N. The molecule has 0 aliphatic carbocycles. The van der Waals surface area contributed by atoms with Crippen LogP contribution in [0, 0.1) is 0 Å². The van der Waals surface area contributed by atoms with Crippen molar-refractivity contribution in [2.24, 2.45) is 0 Å². The van der Waals surface area contributed by atoms with Crippen LogP contribution >= 0.6 is 0 Å². The van der Waals surface area contributed by atoms with E-state index in [-0.39, 0.29) is 6.10 Å². The van der Waals surface area contributed by atoms with Crippen molar-refractivity contribution in [3.05, 3.63) is 42.6 Å². The van der Waals surface area contributed by atoms with E-state index in [2.05, 4.69) is 10.3 Å². The van der Waals surface area contributed by atoms with Gasteiger partial charge in [-0.3, -0.25) is 0 Å². The predicted octanol–water partition coefficient (Wildman–Crippen LogP) is 2.94. The third-order valence-corrected chi connectivity index (χ3v) is 2.70. The van der Waals surface area contributed by atoms with Gasteiger partial charge in [-0.1, -0.05) is 12.1 Å². The zero-order chi connectivity index (χ0) is 15.1. The highest BCUT2D eigenvalue weighted by molar-refractivity contribution is 5.52. The Hall–Kier alpha value is -2.43. The minimum atomic E-state index is 0.107. The number of rotatable bonds is 7. The quantitative estimate of drug-likeness (QED) is 0.605. The van der Waals surface area contributed by atoms with Gasteiger partial charge in [-0.05, 0) is 38.1 Å². The van der Waals surface area contributed by atoms with Gasteiger partial charge < -0.3 is 20.5 Å². The standard InChI is InChI=1S/C16H21N3O2/c1-12(2)21-15-8-5-9-18-16(15)19-10-11-20-14-7-4-3-6-13(14)17/h3-9,12H,10-11,17H2,1-2H3,(H,18,19). The third-order valence-electron chi connectivity index (χ3n) is 2.70. The smallest absolute Gasteiger partial charge is 0.168 e.